The second kappa shape index (κ2) is 10.6. The molecule has 2 aromatic rings. The second-order valence-electron chi connectivity index (χ2n) is 8.63. The van der Waals surface area contributed by atoms with Gasteiger partial charge in [0.1, 0.15) is 11.6 Å². The first kappa shape index (κ1) is 23.0. The predicted octanol–water partition coefficient (Wildman–Crippen LogP) is 2.41. The van der Waals surface area contributed by atoms with Crippen LogP contribution in [0.4, 0.5) is 0 Å². The fourth-order valence-electron chi connectivity index (χ4n) is 4.47. The van der Waals surface area contributed by atoms with Crippen molar-refractivity contribution < 1.29 is 9.59 Å². The molecule has 1 heterocycles. The molecule has 3 rings (SSSR count). The van der Waals surface area contributed by atoms with E-state index in [1.165, 1.54) is 11.1 Å². The van der Waals surface area contributed by atoms with E-state index in [2.05, 4.69) is 46.6 Å². The smallest absolute Gasteiger partial charge is 0.241 e. The summed E-state index contributed by atoms with van der Waals surface area (Å²) in [4.78, 5) is 32.8. The Bertz CT molecular complexity index is 867. The van der Waals surface area contributed by atoms with Gasteiger partial charge in [-0.25, -0.2) is 4.98 Å². The fraction of sp³-hybridized carbons (Fsp3) is 0.542. The zero-order valence-electron chi connectivity index (χ0n) is 18.6. The summed E-state index contributed by atoms with van der Waals surface area (Å²) >= 11 is 0. The van der Waals surface area contributed by atoms with E-state index in [0.717, 1.165) is 37.8 Å². The van der Waals surface area contributed by atoms with Crippen LogP contribution in [0.25, 0.3) is 0 Å². The van der Waals surface area contributed by atoms with Gasteiger partial charge in [0.25, 0.3) is 0 Å². The van der Waals surface area contributed by atoms with Crippen molar-refractivity contribution in [3.05, 3.63) is 53.6 Å². The lowest BCUT2D eigenvalue weighted by Gasteiger charge is -2.41. The van der Waals surface area contributed by atoms with Crippen LogP contribution in [-0.2, 0) is 28.9 Å². The summed E-state index contributed by atoms with van der Waals surface area (Å²) in [7, 11) is 0. The SMILES string of the molecule is CCCCC(CC)NC1(C(=O)NC(Cc2cnc[nH]2)C(N)=O)CCc2ccccc2C1. The van der Waals surface area contributed by atoms with Gasteiger partial charge in [0.2, 0.25) is 11.8 Å². The van der Waals surface area contributed by atoms with Crippen LogP contribution in [0.2, 0.25) is 0 Å². The Morgan fingerprint density at radius 3 is 2.68 bits per heavy atom. The number of nitrogens with zero attached hydrogens (tertiary/aromatic N) is 1. The van der Waals surface area contributed by atoms with Crippen molar-refractivity contribution >= 4 is 11.8 Å². The maximum Gasteiger partial charge on any atom is 0.241 e. The van der Waals surface area contributed by atoms with Crippen molar-refractivity contribution in [1.82, 2.24) is 20.6 Å². The first-order chi connectivity index (χ1) is 15.0. The minimum Gasteiger partial charge on any atom is -0.368 e. The van der Waals surface area contributed by atoms with E-state index in [0.29, 0.717) is 19.3 Å². The standard InChI is InChI=1S/C24H35N5O2/c1-3-5-10-19(4-2)29-24(12-11-17-8-6-7-9-18(17)14-24)23(31)28-21(22(25)30)13-20-15-26-16-27-20/h6-9,15-16,19,21,29H,3-5,10-14H2,1-2H3,(H2,25,30)(H,26,27)(H,28,31). The molecule has 7 heteroatoms. The molecule has 0 saturated heterocycles. The van der Waals surface area contributed by atoms with E-state index in [9.17, 15) is 9.59 Å². The summed E-state index contributed by atoms with van der Waals surface area (Å²) in [5.41, 5.74) is 8.11. The number of H-pyrrole nitrogens is 1. The molecule has 0 radical (unpaired) electrons. The van der Waals surface area contributed by atoms with E-state index in [1.807, 2.05) is 12.1 Å². The highest BCUT2D eigenvalue weighted by Gasteiger charge is 2.43. The van der Waals surface area contributed by atoms with Crippen molar-refractivity contribution in [1.29, 1.82) is 0 Å². The van der Waals surface area contributed by atoms with Crippen LogP contribution in [0.15, 0.2) is 36.8 Å². The molecular formula is C24H35N5O2. The number of hydrogen-bond acceptors (Lipinski definition) is 4. The Hall–Kier alpha value is -2.67. The van der Waals surface area contributed by atoms with Gasteiger partial charge in [-0.3, -0.25) is 9.59 Å². The van der Waals surface area contributed by atoms with Gasteiger partial charge >= 0.3 is 0 Å². The number of hydrogen-bond donors (Lipinski definition) is 4. The molecule has 5 N–H and O–H groups in total. The molecule has 3 unspecified atom stereocenters. The molecule has 0 aliphatic heterocycles. The summed E-state index contributed by atoms with van der Waals surface area (Å²) in [6.45, 7) is 4.33. The third-order valence-electron chi connectivity index (χ3n) is 6.37. The third-order valence-corrected chi connectivity index (χ3v) is 6.37. The summed E-state index contributed by atoms with van der Waals surface area (Å²) in [6, 6.07) is 7.75. The normalized spacial score (nSPS) is 19.9. The van der Waals surface area contributed by atoms with Gasteiger partial charge in [-0.15, -0.1) is 0 Å². The van der Waals surface area contributed by atoms with Crippen LogP contribution in [0.5, 0.6) is 0 Å². The molecule has 0 saturated carbocycles. The lowest BCUT2D eigenvalue weighted by Crippen LogP contribution is -2.64. The van der Waals surface area contributed by atoms with Gasteiger partial charge in [0, 0.05) is 24.4 Å². The number of nitrogens with two attached hydrogens (primary N) is 1. The number of nitrogens with one attached hydrogen (secondary N) is 3. The average Bonchev–Trinajstić information content (AvgIpc) is 3.29. The van der Waals surface area contributed by atoms with E-state index < -0.39 is 17.5 Å². The lowest BCUT2D eigenvalue weighted by atomic mass is 9.76. The fourth-order valence-corrected chi connectivity index (χ4v) is 4.47. The molecule has 3 atom stereocenters. The lowest BCUT2D eigenvalue weighted by molar-refractivity contribution is -0.132. The van der Waals surface area contributed by atoms with Crippen LogP contribution in [0.3, 0.4) is 0 Å². The van der Waals surface area contributed by atoms with Crippen LogP contribution in [-0.4, -0.2) is 39.4 Å². The number of aromatic amines is 1. The number of fused-ring (bicyclic) bond motifs is 1. The van der Waals surface area contributed by atoms with Crippen molar-refractivity contribution in [2.75, 3.05) is 0 Å². The molecule has 1 aliphatic rings. The third kappa shape index (κ3) is 5.73. The first-order valence-corrected chi connectivity index (χ1v) is 11.4. The molecule has 0 bridgehead atoms. The maximum atomic E-state index is 13.7. The largest absolute Gasteiger partial charge is 0.368 e. The van der Waals surface area contributed by atoms with Gasteiger partial charge in [-0.05, 0) is 43.2 Å². The van der Waals surface area contributed by atoms with Gasteiger partial charge < -0.3 is 21.4 Å². The number of primary amides is 1. The number of carbonyl (C=O) groups excluding carboxylic acids is 2. The van der Waals surface area contributed by atoms with Crippen molar-refractivity contribution in [2.24, 2.45) is 5.73 Å². The number of unbranched alkanes of at least 4 members (excludes halogenated alkanes) is 1. The van der Waals surface area contributed by atoms with E-state index >= 15 is 0 Å². The van der Waals surface area contributed by atoms with Crippen LogP contribution < -0.4 is 16.4 Å². The molecule has 0 fully saturated rings. The molecule has 1 aromatic heterocycles. The highest BCUT2D eigenvalue weighted by atomic mass is 16.2. The molecule has 0 spiro atoms. The van der Waals surface area contributed by atoms with E-state index in [1.54, 1.807) is 12.5 Å². The quantitative estimate of drug-likeness (QED) is 0.443. The molecule has 1 aromatic carbocycles. The second-order valence-corrected chi connectivity index (χ2v) is 8.63. The minimum atomic E-state index is -0.792. The zero-order chi connectivity index (χ0) is 22.3. The maximum absolute atomic E-state index is 13.7. The highest BCUT2D eigenvalue weighted by Crippen LogP contribution is 2.30. The minimum absolute atomic E-state index is 0.153. The van der Waals surface area contributed by atoms with Crippen molar-refractivity contribution in [2.45, 2.75) is 82.8 Å². The molecule has 2 amide bonds. The van der Waals surface area contributed by atoms with Crippen molar-refractivity contribution in [3.63, 3.8) is 0 Å². The number of benzene rings is 1. The Morgan fingerprint density at radius 2 is 2.03 bits per heavy atom. The average molecular weight is 426 g/mol. The first-order valence-electron chi connectivity index (χ1n) is 11.4. The molecule has 1 aliphatic carbocycles. The molecule has 7 nitrogen and oxygen atoms in total. The Morgan fingerprint density at radius 1 is 1.26 bits per heavy atom. The molecule has 168 valence electrons. The zero-order valence-corrected chi connectivity index (χ0v) is 18.6. The van der Waals surface area contributed by atoms with Gasteiger partial charge in [0.05, 0.1) is 6.33 Å². The summed E-state index contributed by atoms with van der Waals surface area (Å²) < 4.78 is 0. The van der Waals surface area contributed by atoms with Crippen LogP contribution in [0.1, 0.15) is 62.8 Å². The summed E-state index contributed by atoms with van der Waals surface area (Å²) in [6.07, 6.45) is 9.81. The van der Waals surface area contributed by atoms with Crippen LogP contribution >= 0.6 is 0 Å². The predicted molar refractivity (Wildman–Crippen MR) is 121 cm³/mol. The van der Waals surface area contributed by atoms with Crippen LogP contribution in [0, 0.1) is 0 Å². The number of imidazole rings is 1. The highest BCUT2D eigenvalue weighted by molar-refractivity contribution is 5.92. The molecule has 31 heavy (non-hydrogen) atoms. The Kier molecular flexibility index (Phi) is 7.85. The number of amides is 2. The van der Waals surface area contributed by atoms with E-state index in [-0.39, 0.29) is 11.9 Å². The summed E-state index contributed by atoms with van der Waals surface area (Å²) in [5, 5.41) is 6.67. The topological polar surface area (TPSA) is 113 Å². The monoisotopic (exact) mass is 425 g/mol. The number of rotatable bonds is 11. The molecular weight excluding hydrogens is 390 g/mol. The number of aryl methyl sites for hydroxylation is 1. The number of carbonyl (C=O) groups is 2. The van der Waals surface area contributed by atoms with E-state index in [4.69, 9.17) is 5.73 Å². The Labute approximate surface area is 184 Å². The summed E-state index contributed by atoms with van der Waals surface area (Å²) in [5.74, 6) is -0.701. The van der Waals surface area contributed by atoms with Gasteiger partial charge in [-0.1, -0.05) is 51.0 Å². The Balaban J connectivity index is 1.84. The van der Waals surface area contributed by atoms with Gasteiger partial charge in [0.15, 0.2) is 0 Å². The van der Waals surface area contributed by atoms with Gasteiger partial charge in [-0.2, -0.15) is 0 Å². The number of aromatic nitrogens is 2. The van der Waals surface area contributed by atoms with Crippen molar-refractivity contribution in [3.8, 4) is 0 Å².